The Morgan fingerprint density at radius 2 is 1.54 bits per heavy atom. The number of rotatable bonds is 1. The highest BCUT2D eigenvalue weighted by atomic mass is 16.1. The fourth-order valence-electron chi connectivity index (χ4n) is 8.11. The topological polar surface area (TPSA) is 39.3 Å². The molecule has 0 saturated carbocycles. The number of aromatic nitrogens is 3. The summed E-state index contributed by atoms with van der Waals surface area (Å²) in [5.41, 5.74) is 14.5. The number of hydrogen-bond donors (Lipinski definition) is 0. The van der Waals surface area contributed by atoms with E-state index in [1.807, 2.05) is 30.3 Å². The third kappa shape index (κ3) is 2.50. The van der Waals surface area contributed by atoms with Crippen molar-refractivity contribution in [1.29, 1.82) is 0 Å². The lowest BCUT2D eigenvalue weighted by Crippen LogP contribution is -2.57. The van der Waals surface area contributed by atoms with Crippen molar-refractivity contribution in [3.05, 3.63) is 106 Å². The van der Waals surface area contributed by atoms with Gasteiger partial charge in [0.25, 0.3) is 5.56 Å². The Morgan fingerprint density at radius 3 is 2.32 bits per heavy atom. The third-order valence-electron chi connectivity index (χ3n) is 9.95. The number of fused-ring (bicyclic) bond motifs is 3. The van der Waals surface area contributed by atoms with E-state index in [1.54, 1.807) is 4.57 Å². The lowest BCUT2D eigenvalue weighted by molar-refractivity contribution is 0.591. The SMILES string of the molecule is CC(C)(C)c1cc2c3c(c1)nc1n(-c4ccccc4)c(=O)c4ccc5c(c4n31)B2c1ccc2c3c(ccc-5c13)CC2. The Morgan fingerprint density at radius 1 is 0.780 bits per heavy atom. The van der Waals surface area contributed by atoms with Crippen LogP contribution in [0.25, 0.3) is 55.3 Å². The summed E-state index contributed by atoms with van der Waals surface area (Å²) in [6, 6.07) is 28.3. The zero-order valence-corrected chi connectivity index (χ0v) is 23.2. The van der Waals surface area contributed by atoms with Gasteiger partial charge in [-0.25, -0.2) is 9.55 Å². The first kappa shape index (κ1) is 22.1. The van der Waals surface area contributed by atoms with Crippen LogP contribution in [0.4, 0.5) is 0 Å². The zero-order valence-electron chi connectivity index (χ0n) is 23.2. The van der Waals surface area contributed by atoms with Crippen molar-refractivity contribution in [2.45, 2.75) is 39.0 Å². The first-order valence-electron chi connectivity index (χ1n) is 14.6. The Hall–Kier alpha value is -4.64. The van der Waals surface area contributed by atoms with Gasteiger partial charge < -0.3 is 0 Å². The molecule has 194 valence electrons. The molecule has 41 heavy (non-hydrogen) atoms. The van der Waals surface area contributed by atoms with E-state index in [2.05, 4.69) is 73.7 Å². The van der Waals surface area contributed by atoms with Crippen LogP contribution in [0.5, 0.6) is 0 Å². The van der Waals surface area contributed by atoms with Crippen LogP contribution in [-0.4, -0.2) is 20.7 Å². The van der Waals surface area contributed by atoms with Gasteiger partial charge in [-0.05, 0) is 92.0 Å². The normalized spacial score (nSPS) is 14.6. The molecule has 5 aromatic carbocycles. The molecule has 5 heteroatoms. The van der Waals surface area contributed by atoms with E-state index in [1.165, 1.54) is 55.0 Å². The second-order valence-electron chi connectivity index (χ2n) is 13.1. The van der Waals surface area contributed by atoms with Gasteiger partial charge in [-0.3, -0.25) is 9.20 Å². The van der Waals surface area contributed by atoms with E-state index in [-0.39, 0.29) is 17.7 Å². The van der Waals surface area contributed by atoms with Gasteiger partial charge in [0.2, 0.25) is 12.5 Å². The summed E-state index contributed by atoms with van der Waals surface area (Å²) in [5, 5.41) is 3.61. The van der Waals surface area contributed by atoms with Crippen LogP contribution in [0.3, 0.4) is 0 Å². The van der Waals surface area contributed by atoms with E-state index < -0.39 is 0 Å². The smallest absolute Gasteiger partial charge is 0.267 e. The van der Waals surface area contributed by atoms with Gasteiger partial charge >= 0.3 is 0 Å². The van der Waals surface area contributed by atoms with E-state index in [0.717, 1.165) is 40.5 Å². The highest BCUT2D eigenvalue weighted by Crippen LogP contribution is 2.40. The lowest BCUT2D eigenvalue weighted by atomic mass is 9.32. The fourth-order valence-corrected chi connectivity index (χ4v) is 8.11. The molecule has 4 heterocycles. The monoisotopic (exact) mass is 527 g/mol. The van der Waals surface area contributed by atoms with Gasteiger partial charge in [0.05, 0.1) is 27.6 Å². The molecule has 0 radical (unpaired) electrons. The maximum absolute atomic E-state index is 14.4. The van der Waals surface area contributed by atoms with E-state index in [9.17, 15) is 4.79 Å². The molecular formula is C36H26BN3O. The first-order chi connectivity index (χ1) is 19.9. The second-order valence-corrected chi connectivity index (χ2v) is 13.1. The number of nitrogens with zero attached hydrogens (tertiary/aromatic N) is 3. The summed E-state index contributed by atoms with van der Waals surface area (Å²) in [4.78, 5) is 19.6. The summed E-state index contributed by atoms with van der Waals surface area (Å²) in [5.74, 6) is 0.683. The van der Waals surface area contributed by atoms with Crippen LogP contribution in [0.15, 0.2) is 83.7 Å². The molecule has 2 aromatic heterocycles. The number of aryl methyl sites for hydroxylation is 2. The maximum atomic E-state index is 14.4. The Labute approximate surface area is 237 Å². The first-order valence-corrected chi connectivity index (χ1v) is 14.6. The van der Waals surface area contributed by atoms with Crippen molar-refractivity contribution < 1.29 is 0 Å². The fraction of sp³-hybridized carbons (Fsp3) is 0.167. The molecule has 0 bridgehead atoms. The van der Waals surface area contributed by atoms with E-state index >= 15 is 0 Å². The predicted molar refractivity (Wildman–Crippen MR) is 170 cm³/mol. The van der Waals surface area contributed by atoms with Gasteiger partial charge in [-0.1, -0.05) is 80.8 Å². The summed E-state index contributed by atoms with van der Waals surface area (Å²) < 4.78 is 4.09. The average Bonchev–Trinajstić information content (AvgIpc) is 3.57. The molecule has 2 aliphatic heterocycles. The van der Waals surface area contributed by atoms with Crippen LogP contribution in [0.1, 0.15) is 37.5 Å². The van der Waals surface area contributed by atoms with Crippen molar-refractivity contribution >= 4 is 61.6 Å². The molecule has 0 N–H and O–H groups in total. The summed E-state index contributed by atoms with van der Waals surface area (Å²) in [6.07, 6.45) is 2.22. The zero-order chi connectivity index (χ0) is 27.4. The van der Waals surface area contributed by atoms with Crippen molar-refractivity contribution in [2.75, 3.05) is 0 Å². The molecule has 4 nitrogen and oxygen atoms in total. The average molecular weight is 527 g/mol. The van der Waals surface area contributed by atoms with Crippen LogP contribution in [0, 0.1) is 0 Å². The largest absolute Gasteiger partial charge is 0.278 e. The molecule has 0 amide bonds. The van der Waals surface area contributed by atoms with Crippen molar-refractivity contribution in [3.63, 3.8) is 0 Å². The van der Waals surface area contributed by atoms with Crippen LogP contribution in [-0.2, 0) is 18.3 Å². The van der Waals surface area contributed by atoms with Crippen molar-refractivity contribution in [1.82, 2.24) is 14.0 Å². The highest BCUT2D eigenvalue weighted by Gasteiger charge is 2.41. The summed E-state index contributed by atoms with van der Waals surface area (Å²) in [7, 11) is 0. The number of benzene rings is 5. The van der Waals surface area contributed by atoms with Crippen LogP contribution < -0.4 is 21.9 Å². The Bertz CT molecular complexity index is 2420. The van der Waals surface area contributed by atoms with Gasteiger partial charge in [0.1, 0.15) is 0 Å². The Kier molecular flexibility index (Phi) is 3.76. The highest BCUT2D eigenvalue weighted by molar-refractivity contribution is 7.01. The molecule has 3 aliphatic rings. The molecule has 0 spiro atoms. The second kappa shape index (κ2) is 6.98. The van der Waals surface area contributed by atoms with Crippen molar-refractivity contribution in [2.24, 2.45) is 0 Å². The predicted octanol–water partition coefficient (Wildman–Crippen LogP) is 5.15. The van der Waals surface area contributed by atoms with Crippen LogP contribution in [0.2, 0.25) is 0 Å². The third-order valence-corrected chi connectivity index (χ3v) is 9.95. The molecule has 0 atom stereocenters. The standard InChI is InChI=1S/C36H26BN3O/c1-36(2,3)21-17-27-33-28(18-21)38-35-39(22-7-5-4-6-8-22)34(41)25-15-14-24-23-13-11-19-9-10-20-12-16-26(30(23)29(19)20)37(27)31(24)32(25)40(33)35/h4-8,11-18H,9-10H2,1-3H3. The van der Waals surface area contributed by atoms with Crippen molar-refractivity contribution in [3.8, 4) is 16.8 Å². The number of para-hydroxylation sites is 1. The number of imidazole rings is 1. The number of hydrogen-bond acceptors (Lipinski definition) is 2. The molecular weight excluding hydrogens is 501 g/mol. The van der Waals surface area contributed by atoms with Gasteiger partial charge in [0, 0.05) is 0 Å². The molecule has 7 aromatic rings. The lowest BCUT2D eigenvalue weighted by Gasteiger charge is -2.33. The summed E-state index contributed by atoms with van der Waals surface area (Å²) in [6.45, 7) is 6.87. The quantitative estimate of drug-likeness (QED) is 0.277. The maximum Gasteiger partial charge on any atom is 0.267 e. The molecule has 1 aliphatic carbocycles. The van der Waals surface area contributed by atoms with E-state index in [0.29, 0.717) is 5.78 Å². The minimum atomic E-state index is -0.0451. The van der Waals surface area contributed by atoms with Crippen LogP contribution >= 0.6 is 0 Å². The van der Waals surface area contributed by atoms with E-state index in [4.69, 9.17) is 4.98 Å². The minimum absolute atomic E-state index is 0.0189. The molecule has 10 rings (SSSR count). The molecule has 0 saturated heterocycles. The summed E-state index contributed by atoms with van der Waals surface area (Å²) >= 11 is 0. The Balaban J connectivity index is 1.49. The minimum Gasteiger partial charge on any atom is -0.278 e. The van der Waals surface area contributed by atoms with Gasteiger partial charge in [-0.15, -0.1) is 0 Å². The van der Waals surface area contributed by atoms with Gasteiger partial charge in [-0.2, -0.15) is 0 Å². The van der Waals surface area contributed by atoms with Gasteiger partial charge in [0.15, 0.2) is 0 Å². The molecule has 0 unspecified atom stereocenters. The molecule has 0 fully saturated rings.